The second-order valence-electron chi connectivity index (χ2n) is 4.22. The van der Waals surface area contributed by atoms with E-state index >= 15 is 0 Å². The lowest BCUT2D eigenvalue weighted by molar-refractivity contribution is 0.0994. The summed E-state index contributed by atoms with van der Waals surface area (Å²) in [6.07, 6.45) is 1.02. The number of carbonyl (C=O) groups excluding carboxylic acids is 1. The van der Waals surface area contributed by atoms with Crippen LogP contribution in [-0.4, -0.2) is 16.8 Å². The number of rotatable bonds is 5. The number of hydrogen-bond donors (Lipinski definition) is 0. The molecule has 0 fully saturated rings. The summed E-state index contributed by atoms with van der Waals surface area (Å²) >= 11 is 1.59. The lowest BCUT2D eigenvalue weighted by atomic mass is 10.2. The van der Waals surface area contributed by atoms with E-state index in [0.29, 0.717) is 16.4 Å². The van der Waals surface area contributed by atoms with Crippen molar-refractivity contribution in [1.82, 2.24) is 0 Å². The van der Waals surface area contributed by atoms with E-state index in [0.717, 1.165) is 6.42 Å². The van der Waals surface area contributed by atoms with E-state index in [1.165, 1.54) is 6.07 Å². The van der Waals surface area contributed by atoms with E-state index in [1.54, 1.807) is 30.0 Å². The highest BCUT2D eigenvalue weighted by molar-refractivity contribution is 8.00. The molecular formula is C14H15FO2S. The van der Waals surface area contributed by atoms with Crippen LogP contribution in [0.2, 0.25) is 0 Å². The first kappa shape index (κ1) is 13.1. The standard InChI is InChI=1S/C14H15FO2S/c1-3-9(2)18-8-12(16)13-7-10-5-4-6-11(15)14(10)17-13/h4-7,9H,3,8H2,1-2H3. The molecule has 0 spiro atoms. The molecule has 1 heterocycles. The number of fused-ring (bicyclic) bond motifs is 1. The van der Waals surface area contributed by atoms with Crippen LogP contribution < -0.4 is 0 Å². The highest BCUT2D eigenvalue weighted by Gasteiger charge is 2.15. The van der Waals surface area contributed by atoms with Crippen molar-refractivity contribution < 1.29 is 13.6 Å². The fourth-order valence-electron chi connectivity index (χ4n) is 1.57. The van der Waals surface area contributed by atoms with Gasteiger partial charge in [0.25, 0.3) is 0 Å². The van der Waals surface area contributed by atoms with Crippen LogP contribution in [0.4, 0.5) is 4.39 Å². The maximum absolute atomic E-state index is 13.4. The topological polar surface area (TPSA) is 30.2 Å². The largest absolute Gasteiger partial charge is 0.450 e. The minimum atomic E-state index is -0.430. The second-order valence-corrected chi connectivity index (χ2v) is 5.65. The number of furan rings is 1. The normalized spacial score (nSPS) is 12.8. The van der Waals surface area contributed by atoms with E-state index in [2.05, 4.69) is 13.8 Å². The number of carbonyl (C=O) groups is 1. The molecular weight excluding hydrogens is 251 g/mol. The van der Waals surface area contributed by atoms with Crippen LogP contribution in [0.3, 0.4) is 0 Å². The van der Waals surface area contributed by atoms with Crippen molar-refractivity contribution in [3.8, 4) is 0 Å². The molecule has 1 atom stereocenters. The zero-order valence-corrected chi connectivity index (χ0v) is 11.2. The summed E-state index contributed by atoms with van der Waals surface area (Å²) in [7, 11) is 0. The number of benzene rings is 1. The molecule has 2 aromatic rings. The second kappa shape index (κ2) is 5.57. The van der Waals surface area contributed by atoms with Crippen molar-refractivity contribution in [2.24, 2.45) is 0 Å². The van der Waals surface area contributed by atoms with Gasteiger partial charge in [0.05, 0.1) is 5.75 Å². The molecule has 4 heteroatoms. The Hall–Kier alpha value is -1.29. The lowest BCUT2D eigenvalue weighted by Crippen LogP contribution is -2.04. The van der Waals surface area contributed by atoms with Gasteiger partial charge in [-0.05, 0) is 18.6 Å². The van der Waals surface area contributed by atoms with Crippen molar-refractivity contribution in [3.63, 3.8) is 0 Å². The number of hydrogen-bond acceptors (Lipinski definition) is 3. The van der Waals surface area contributed by atoms with Gasteiger partial charge in [0.1, 0.15) is 0 Å². The first-order valence-electron chi connectivity index (χ1n) is 5.94. The van der Waals surface area contributed by atoms with Crippen LogP contribution in [0.1, 0.15) is 30.8 Å². The zero-order chi connectivity index (χ0) is 13.1. The maximum atomic E-state index is 13.4. The minimum absolute atomic E-state index is 0.0871. The van der Waals surface area contributed by atoms with Crippen LogP contribution in [0, 0.1) is 5.82 Å². The fraction of sp³-hybridized carbons (Fsp3) is 0.357. The molecule has 1 aromatic carbocycles. The van der Waals surface area contributed by atoms with Gasteiger partial charge < -0.3 is 4.42 Å². The third kappa shape index (κ3) is 2.75. The highest BCUT2D eigenvalue weighted by atomic mass is 32.2. The van der Waals surface area contributed by atoms with Gasteiger partial charge in [0, 0.05) is 10.6 Å². The van der Waals surface area contributed by atoms with Crippen molar-refractivity contribution in [1.29, 1.82) is 0 Å². The molecule has 0 saturated heterocycles. The number of para-hydroxylation sites is 1. The van der Waals surface area contributed by atoms with Gasteiger partial charge >= 0.3 is 0 Å². The first-order chi connectivity index (χ1) is 8.61. The van der Waals surface area contributed by atoms with Crippen molar-refractivity contribution in [3.05, 3.63) is 35.8 Å². The van der Waals surface area contributed by atoms with E-state index in [4.69, 9.17) is 4.42 Å². The number of thioether (sulfide) groups is 1. The van der Waals surface area contributed by atoms with Gasteiger partial charge in [-0.1, -0.05) is 26.0 Å². The van der Waals surface area contributed by atoms with Crippen LogP contribution in [0.25, 0.3) is 11.0 Å². The molecule has 1 unspecified atom stereocenters. The van der Waals surface area contributed by atoms with E-state index in [1.807, 2.05) is 0 Å². The Balaban J connectivity index is 2.16. The van der Waals surface area contributed by atoms with Gasteiger partial charge in [-0.25, -0.2) is 4.39 Å². The third-order valence-corrected chi connectivity index (χ3v) is 4.18. The molecule has 0 aliphatic heterocycles. The molecule has 0 saturated carbocycles. The summed E-state index contributed by atoms with van der Waals surface area (Å²) in [5.41, 5.74) is 0.161. The Kier molecular flexibility index (Phi) is 4.07. The van der Waals surface area contributed by atoms with Gasteiger partial charge in [0.15, 0.2) is 17.2 Å². The summed E-state index contributed by atoms with van der Waals surface area (Å²) in [6.45, 7) is 4.16. The van der Waals surface area contributed by atoms with Crippen LogP contribution >= 0.6 is 11.8 Å². The minimum Gasteiger partial charge on any atom is -0.450 e. The molecule has 0 N–H and O–H groups in total. The number of Topliss-reactive ketones (excluding diaryl/α,β-unsaturated/α-hetero) is 1. The molecule has 2 nitrogen and oxygen atoms in total. The smallest absolute Gasteiger partial charge is 0.207 e. The zero-order valence-electron chi connectivity index (χ0n) is 10.4. The van der Waals surface area contributed by atoms with Crippen molar-refractivity contribution in [2.45, 2.75) is 25.5 Å². The molecule has 0 aliphatic rings. The summed E-state index contributed by atoms with van der Waals surface area (Å²) < 4.78 is 18.7. The van der Waals surface area contributed by atoms with Crippen molar-refractivity contribution >= 4 is 28.5 Å². The van der Waals surface area contributed by atoms with E-state index < -0.39 is 5.82 Å². The summed E-state index contributed by atoms with van der Waals surface area (Å²) in [4.78, 5) is 11.9. The van der Waals surface area contributed by atoms with Gasteiger partial charge in [-0.3, -0.25) is 4.79 Å². The van der Waals surface area contributed by atoms with E-state index in [-0.39, 0.29) is 17.1 Å². The van der Waals surface area contributed by atoms with Gasteiger partial charge in [-0.15, -0.1) is 0 Å². The first-order valence-corrected chi connectivity index (χ1v) is 6.99. The summed E-state index contributed by atoms with van der Waals surface area (Å²) in [5.74, 6) is 0.0964. The van der Waals surface area contributed by atoms with Crippen molar-refractivity contribution in [2.75, 3.05) is 5.75 Å². The predicted octanol–water partition coefficient (Wildman–Crippen LogP) is 4.29. The molecule has 1 aromatic heterocycles. The Morgan fingerprint density at radius 2 is 2.28 bits per heavy atom. The quantitative estimate of drug-likeness (QED) is 0.756. The monoisotopic (exact) mass is 266 g/mol. The molecule has 0 radical (unpaired) electrons. The Labute approximate surface area is 110 Å². The Morgan fingerprint density at radius 3 is 2.94 bits per heavy atom. The molecule has 0 amide bonds. The van der Waals surface area contributed by atoms with Crippen LogP contribution in [0.5, 0.6) is 0 Å². The van der Waals surface area contributed by atoms with Crippen LogP contribution in [-0.2, 0) is 0 Å². The molecule has 0 bridgehead atoms. The summed E-state index contributed by atoms with van der Waals surface area (Å²) in [5, 5.41) is 1.07. The number of ketones is 1. The average Bonchev–Trinajstić information content (AvgIpc) is 2.81. The van der Waals surface area contributed by atoms with Gasteiger partial charge in [0.2, 0.25) is 5.78 Å². The molecule has 0 aliphatic carbocycles. The highest BCUT2D eigenvalue weighted by Crippen LogP contribution is 2.24. The van der Waals surface area contributed by atoms with E-state index in [9.17, 15) is 9.18 Å². The van der Waals surface area contributed by atoms with Gasteiger partial charge in [-0.2, -0.15) is 11.8 Å². The molecule has 96 valence electrons. The fourth-order valence-corrected chi connectivity index (χ4v) is 2.39. The number of halogens is 1. The molecule has 18 heavy (non-hydrogen) atoms. The lowest BCUT2D eigenvalue weighted by Gasteiger charge is -2.05. The Bertz CT molecular complexity index is 562. The molecule has 2 rings (SSSR count). The average molecular weight is 266 g/mol. The third-order valence-electron chi connectivity index (χ3n) is 2.84. The Morgan fingerprint density at radius 1 is 1.50 bits per heavy atom. The SMILES string of the molecule is CCC(C)SCC(=O)c1cc2cccc(F)c2o1. The predicted molar refractivity (Wildman–Crippen MR) is 72.7 cm³/mol. The van der Waals surface area contributed by atoms with Crippen LogP contribution in [0.15, 0.2) is 28.7 Å². The summed E-state index contributed by atoms with van der Waals surface area (Å²) in [6, 6.07) is 6.28. The maximum Gasteiger partial charge on any atom is 0.207 e.